The van der Waals surface area contributed by atoms with Gasteiger partial charge in [0.2, 0.25) is 5.75 Å². The zero-order chi connectivity index (χ0) is 49.8. The third-order valence-electron chi connectivity index (χ3n) is 12.9. The summed E-state index contributed by atoms with van der Waals surface area (Å²) in [4.78, 5) is 54.0. The van der Waals surface area contributed by atoms with Crippen molar-refractivity contribution in [3.8, 4) is 17.2 Å². The zero-order valence-electron chi connectivity index (χ0n) is 40.7. The van der Waals surface area contributed by atoms with Crippen LogP contribution < -0.4 is 19.7 Å². The fourth-order valence-corrected chi connectivity index (χ4v) is 8.79. The first-order chi connectivity index (χ1) is 34.0. The molecule has 0 fully saturated rings. The molecule has 368 valence electrons. The number of carbonyl (C=O) groups is 3. The summed E-state index contributed by atoms with van der Waals surface area (Å²) in [5.41, 5.74) is 3.52. The maximum atomic E-state index is 14.6. The minimum absolute atomic E-state index is 0.00306. The largest absolute Gasteiger partial charge is 0.506 e. The molecule has 70 heavy (non-hydrogen) atoms. The third kappa shape index (κ3) is 14.4. The van der Waals surface area contributed by atoms with Crippen molar-refractivity contribution in [1.82, 2.24) is 0 Å². The Morgan fingerprint density at radius 2 is 1.34 bits per heavy atom. The van der Waals surface area contributed by atoms with Crippen LogP contribution in [0.25, 0.3) is 10.8 Å². The molecule has 6 aromatic rings. The molecule has 0 aromatic heterocycles. The number of aromatic hydroxyl groups is 1. The maximum Gasteiger partial charge on any atom is 0.420 e. The standard InChI is InChI=1S/C58H67N3O9/c1-4-6-8-10-12-15-24-46(57(64)65)38-42-29-31-43(32-30-42)40-60(58(66)70-54-36-33-45(39-52(54)61(67)68)41(3)44-22-16-14-17-23-44)51-27-21-25-48-47(51)34-35-49(55(48)62)56(63)59-50-26-18-19-28-53(50)69-37-20-13-11-9-7-5-2/h14,16-19,21-23,25-36,39,41,46,62H,4-13,15,20,24,37-38,40H2,1-3H3,(H,59,63)(H,64,65). The molecular formula is C58H67N3O9. The highest BCUT2D eigenvalue weighted by molar-refractivity contribution is 6.12. The van der Waals surface area contributed by atoms with E-state index in [0.29, 0.717) is 53.1 Å². The van der Waals surface area contributed by atoms with Crippen molar-refractivity contribution in [2.45, 2.75) is 123 Å². The predicted octanol–water partition coefficient (Wildman–Crippen LogP) is 14.8. The summed E-state index contributed by atoms with van der Waals surface area (Å²) in [6, 6.07) is 36.7. The van der Waals surface area contributed by atoms with Crippen molar-refractivity contribution >= 4 is 45.8 Å². The van der Waals surface area contributed by atoms with E-state index in [1.54, 1.807) is 48.5 Å². The number of carboxylic acid groups (broad SMARTS) is 1. The fourth-order valence-electron chi connectivity index (χ4n) is 8.79. The lowest BCUT2D eigenvalue weighted by atomic mass is 9.93. The number of nitro groups is 1. The number of carboxylic acids is 1. The van der Waals surface area contributed by atoms with Crippen LogP contribution in [0.2, 0.25) is 0 Å². The number of phenolic OH excluding ortho intramolecular Hbond substituents is 1. The van der Waals surface area contributed by atoms with Crippen molar-refractivity contribution < 1.29 is 39.0 Å². The van der Waals surface area contributed by atoms with Gasteiger partial charge in [-0.25, -0.2) is 4.79 Å². The Kier molecular flexibility index (Phi) is 19.8. The zero-order valence-corrected chi connectivity index (χ0v) is 40.7. The van der Waals surface area contributed by atoms with E-state index in [1.807, 2.05) is 67.6 Å². The molecule has 3 N–H and O–H groups in total. The second-order valence-electron chi connectivity index (χ2n) is 18.1. The summed E-state index contributed by atoms with van der Waals surface area (Å²) in [6.45, 7) is 6.74. The maximum absolute atomic E-state index is 14.6. The number of fused-ring (bicyclic) bond motifs is 1. The number of nitrogens with one attached hydrogen (secondary N) is 1. The number of nitro benzene ring substituents is 1. The van der Waals surface area contributed by atoms with Crippen LogP contribution in [0.5, 0.6) is 17.2 Å². The number of hydrogen-bond donors (Lipinski definition) is 3. The highest BCUT2D eigenvalue weighted by Gasteiger charge is 2.28. The first-order valence-corrected chi connectivity index (χ1v) is 24.9. The average Bonchev–Trinajstić information content (AvgIpc) is 3.37. The van der Waals surface area contributed by atoms with Crippen LogP contribution in [0.3, 0.4) is 0 Å². The lowest BCUT2D eigenvalue weighted by molar-refractivity contribution is -0.385. The van der Waals surface area contributed by atoms with Gasteiger partial charge < -0.3 is 25.0 Å². The number of anilines is 2. The summed E-state index contributed by atoms with van der Waals surface area (Å²) >= 11 is 0. The summed E-state index contributed by atoms with van der Waals surface area (Å²) in [6.07, 6.45) is 13.1. The molecule has 0 aliphatic carbocycles. The SMILES string of the molecule is CCCCCCCCOc1ccccc1NC(=O)c1ccc2c(N(Cc3ccc(CC(CCCCCCCC)C(=O)O)cc3)C(=O)Oc3ccc(C(C)c4ccccc4)cc3[N+](=O)[O-])cccc2c1O. The summed E-state index contributed by atoms with van der Waals surface area (Å²) < 4.78 is 12.0. The molecular weight excluding hydrogens is 883 g/mol. The van der Waals surface area contributed by atoms with E-state index in [4.69, 9.17) is 9.47 Å². The quantitative estimate of drug-likeness (QED) is 0.0258. The number of unbranched alkanes of at least 4 members (excludes halogenated alkanes) is 10. The molecule has 0 aliphatic rings. The number of nitrogens with zero attached hydrogens (tertiary/aromatic N) is 2. The van der Waals surface area contributed by atoms with Crippen molar-refractivity contribution in [1.29, 1.82) is 0 Å². The van der Waals surface area contributed by atoms with Crippen molar-refractivity contribution in [3.05, 3.63) is 165 Å². The molecule has 0 bridgehead atoms. The van der Waals surface area contributed by atoms with Crippen molar-refractivity contribution in [3.63, 3.8) is 0 Å². The number of aliphatic carboxylic acids is 1. The molecule has 0 aliphatic heterocycles. The van der Waals surface area contributed by atoms with Crippen LogP contribution in [0.15, 0.2) is 127 Å². The minimum Gasteiger partial charge on any atom is -0.506 e. The number of amides is 2. The Balaban J connectivity index is 1.27. The van der Waals surface area contributed by atoms with Gasteiger partial charge >= 0.3 is 17.7 Å². The smallest absolute Gasteiger partial charge is 0.420 e. The number of hydrogen-bond acceptors (Lipinski definition) is 8. The Labute approximate surface area is 411 Å². The molecule has 0 saturated heterocycles. The van der Waals surface area contributed by atoms with Crippen molar-refractivity contribution in [2.75, 3.05) is 16.8 Å². The summed E-state index contributed by atoms with van der Waals surface area (Å²) in [5.74, 6) is -2.15. The number of rotatable bonds is 27. The number of ether oxygens (including phenoxy) is 2. The number of para-hydroxylation sites is 2. The van der Waals surface area contributed by atoms with Gasteiger partial charge in [0.25, 0.3) is 5.91 Å². The molecule has 0 spiro atoms. The molecule has 2 atom stereocenters. The number of benzene rings is 6. The van der Waals surface area contributed by atoms with E-state index in [2.05, 4.69) is 19.2 Å². The highest BCUT2D eigenvalue weighted by atomic mass is 16.6. The van der Waals surface area contributed by atoms with Crippen molar-refractivity contribution in [2.24, 2.45) is 5.92 Å². The molecule has 12 heteroatoms. The summed E-state index contributed by atoms with van der Waals surface area (Å²) in [7, 11) is 0. The molecule has 6 aromatic carbocycles. The van der Waals surface area contributed by atoms with Gasteiger partial charge in [0.1, 0.15) is 11.5 Å². The second kappa shape index (κ2) is 26.5. The Morgan fingerprint density at radius 1 is 0.686 bits per heavy atom. The van der Waals surface area contributed by atoms with E-state index < -0.39 is 28.8 Å². The van der Waals surface area contributed by atoms with E-state index >= 15 is 0 Å². The van der Waals surface area contributed by atoms with Crippen LogP contribution in [0.1, 0.15) is 143 Å². The fraction of sp³-hybridized carbons (Fsp3) is 0.362. The van der Waals surface area contributed by atoms with Crippen LogP contribution in [0, 0.1) is 16.0 Å². The lowest BCUT2D eigenvalue weighted by Crippen LogP contribution is -2.33. The highest BCUT2D eigenvalue weighted by Crippen LogP contribution is 2.38. The number of carbonyl (C=O) groups excluding carboxylic acids is 2. The van der Waals surface area contributed by atoms with Crippen LogP contribution >= 0.6 is 0 Å². The van der Waals surface area contributed by atoms with E-state index in [0.717, 1.165) is 62.5 Å². The normalized spacial score (nSPS) is 12.0. The van der Waals surface area contributed by atoms with Crippen LogP contribution in [-0.4, -0.2) is 39.7 Å². The minimum atomic E-state index is -0.924. The molecule has 0 saturated carbocycles. The van der Waals surface area contributed by atoms with Gasteiger partial charge in [0, 0.05) is 22.8 Å². The van der Waals surface area contributed by atoms with Gasteiger partial charge in [0.05, 0.1) is 40.9 Å². The Morgan fingerprint density at radius 3 is 2.04 bits per heavy atom. The van der Waals surface area contributed by atoms with Crippen LogP contribution in [0.4, 0.5) is 21.9 Å². The van der Waals surface area contributed by atoms with E-state index in [1.165, 1.54) is 48.8 Å². The first-order valence-electron chi connectivity index (χ1n) is 24.9. The predicted molar refractivity (Wildman–Crippen MR) is 277 cm³/mol. The Hall–Kier alpha value is -7.21. The monoisotopic (exact) mass is 949 g/mol. The molecule has 0 heterocycles. The van der Waals surface area contributed by atoms with Gasteiger partial charge in [-0.2, -0.15) is 0 Å². The van der Waals surface area contributed by atoms with Crippen LogP contribution in [-0.2, 0) is 17.8 Å². The van der Waals surface area contributed by atoms with Gasteiger partial charge in [-0.1, -0.05) is 182 Å². The molecule has 2 amide bonds. The van der Waals surface area contributed by atoms with Gasteiger partial charge in [-0.3, -0.25) is 24.6 Å². The average molecular weight is 950 g/mol. The van der Waals surface area contributed by atoms with E-state index in [9.17, 15) is 34.7 Å². The topological polar surface area (TPSA) is 169 Å². The van der Waals surface area contributed by atoms with E-state index in [-0.39, 0.29) is 40.6 Å². The lowest BCUT2D eigenvalue weighted by Gasteiger charge is -2.24. The number of phenols is 1. The van der Waals surface area contributed by atoms with Gasteiger partial charge in [0.15, 0.2) is 0 Å². The van der Waals surface area contributed by atoms with Gasteiger partial charge in [-0.05, 0) is 71.8 Å². The molecule has 6 rings (SSSR count). The summed E-state index contributed by atoms with van der Waals surface area (Å²) in [5, 5.41) is 37.9. The molecule has 12 nitrogen and oxygen atoms in total. The Bertz CT molecular complexity index is 2670. The second-order valence-corrected chi connectivity index (χ2v) is 18.1. The molecule has 0 radical (unpaired) electrons. The molecule has 2 unspecified atom stereocenters. The van der Waals surface area contributed by atoms with Gasteiger partial charge in [-0.15, -0.1) is 0 Å². The first kappa shape index (κ1) is 52.2. The third-order valence-corrected chi connectivity index (χ3v) is 12.9.